The van der Waals surface area contributed by atoms with Crippen LogP contribution in [-0.4, -0.2) is 32.3 Å². The highest BCUT2D eigenvalue weighted by atomic mass is 28.4. The van der Waals surface area contributed by atoms with Crippen LogP contribution in [0.4, 0.5) is 0 Å². The fraction of sp³-hybridized carbons (Fsp3) is 0.769. The number of benzene rings is 1. The van der Waals surface area contributed by atoms with Crippen molar-refractivity contribution < 1.29 is 5.48 Å². The topological polar surface area (TPSA) is 0 Å². The molecule has 0 atom stereocenters. The van der Waals surface area contributed by atoms with E-state index in [0.717, 1.165) is 16.7 Å². The molecule has 174 valence electrons. The molecular formula is C26H54Si4. The van der Waals surface area contributed by atoms with Gasteiger partial charge in [0.2, 0.25) is 0 Å². The maximum absolute atomic E-state index is 9.64. The molecule has 0 aliphatic heterocycles. The maximum Gasteiger partial charge on any atom is 0.0450 e. The Morgan fingerprint density at radius 1 is 0.633 bits per heavy atom. The molecule has 0 aliphatic carbocycles. The number of hydrogen-bond acceptors (Lipinski definition) is 0. The highest BCUT2D eigenvalue weighted by Crippen LogP contribution is 2.42. The van der Waals surface area contributed by atoms with Crippen molar-refractivity contribution in [2.75, 3.05) is 0 Å². The first-order valence-corrected chi connectivity index (χ1v) is 26.0. The Bertz CT molecular complexity index is 771. The lowest BCUT2D eigenvalue weighted by atomic mass is 9.79. The highest BCUT2D eigenvalue weighted by Gasteiger charge is 2.40. The van der Waals surface area contributed by atoms with Crippen LogP contribution in [0.2, 0.25) is 88.9 Å². The first-order chi connectivity index (χ1) is 14.6. The van der Waals surface area contributed by atoms with E-state index in [2.05, 4.69) is 99.3 Å². The van der Waals surface area contributed by atoms with Gasteiger partial charge in [0.1, 0.15) is 0 Å². The van der Waals surface area contributed by atoms with Crippen molar-refractivity contribution in [2.24, 2.45) is 0 Å². The van der Waals surface area contributed by atoms with E-state index >= 15 is 0 Å². The molecule has 0 fully saturated rings. The Morgan fingerprint density at radius 3 is 1.10 bits per heavy atom. The van der Waals surface area contributed by atoms with Gasteiger partial charge >= 0.3 is 0 Å². The van der Waals surface area contributed by atoms with Crippen molar-refractivity contribution in [1.29, 1.82) is 0 Å². The molecule has 0 radical (unpaired) electrons. The van der Waals surface area contributed by atoms with Crippen LogP contribution < -0.4 is 0 Å². The SMILES string of the molecule is [2H]C([2H])(c1cccc(C([2H])([2H])C([Si](C)(C)C)[Si](C)(C)C)c1C(C)(C)C)C([Si](C)(C)C)[Si](C)(C)C. The van der Waals surface area contributed by atoms with Crippen molar-refractivity contribution >= 4 is 32.3 Å². The average molecular weight is 483 g/mol. The molecule has 30 heavy (non-hydrogen) atoms. The second-order valence-corrected chi connectivity index (χ2v) is 37.0. The van der Waals surface area contributed by atoms with Crippen molar-refractivity contribution in [2.45, 2.75) is 128 Å². The van der Waals surface area contributed by atoms with E-state index < -0.39 is 45.0 Å². The summed E-state index contributed by atoms with van der Waals surface area (Å²) in [5.74, 6) is 0. The van der Waals surface area contributed by atoms with E-state index in [1.165, 1.54) is 0 Å². The van der Waals surface area contributed by atoms with Crippen molar-refractivity contribution in [3.05, 3.63) is 34.9 Å². The minimum absolute atomic E-state index is 0.0273. The van der Waals surface area contributed by atoms with E-state index in [4.69, 9.17) is 0 Å². The quantitative estimate of drug-likeness (QED) is 0.324. The summed E-state index contributed by atoms with van der Waals surface area (Å²) in [5, 5.41) is 0.0546. The second-order valence-electron chi connectivity index (χ2n) is 14.6. The van der Waals surface area contributed by atoms with Gasteiger partial charge in [0, 0.05) is 37.8 Å². The Morgan fingerprint density at radius 2 is 0.900 bits per heavy atom. The van der Waals surface area contributed by atoms with Crippen LogP contribution in [0.1, 0.15) is 42.9 Å². The molecule has 0 spiro atoms. The fourth-order valence-corrected chi connectivity index (χ4v) is 28.5. The third-order valence-electron chi connectivity index (χ3n) is 5.88. The minimum Gasteiger partial charge on any atom is -0.0695 e. The molecule has 0 bridgehead atoms. The Balaban J connectivity index is 4.15. The van der Waals surface area contributed by atoms with E-state index in [-0.39, 0.29) is 15.7 Å². The third kappa shape index (κ3) is 7.60. The summed E-state index contributed by atoms with van der Waals surface area (Å²) in [7, 11) is -7.44. The molecule has 0 saturated heterocycles. The second kappa shape index (κ2) is 9.15. The summed E-state index contributed by atoms with van der Waals surface area (Å²) < 4.78 is 38.6. The molecule has 1 rings (SSSR count). The maximum atomic E-state index is 9.64. The molecule has 0 unspecified atom stereocenters. The zero-order valence-corrected chi connectivity index (χ0v) is 26.9. The molecule has 0 aliphatic rings. The van der Waals surface area contributed by atoms with E-state index in [1.54, 1.807) is 0 Å². The number of rotatable bonds is 8. The van der Waals surface area contributed by atoms with Gasteiger partial charge in [-0.05, 0) is 45.2 Å². The fourth-order valence-electron chi connectivity index (χ4n) is 5.38. The lowest BCUT2D eigenvalue weighted by molar-refractivity contribution is 0.574. The lowest BCUT2D eigenvalue weighted by Crippen LogP contribution is -2.45. The highest BCUT2D eigenvalue weighted by molar-refractivity contribution is 6.97. The van der Waals surface area contributed by atoms with Gasteiger partial charge in [0.15, 0.2) is 0 Å². The molecule has 1 aromatic rings. The van der Waals surface area contributed by atoms with Crippen LogP contribution in [0.15, 0.2) is 18.2 Å². The van der Waals surface area contributed by atoms with Gasteiger partial charge < -0.3 is 0 Å². The van der Waals surface area contributed by atoms with Crippen LogP contribution in [0.5, 0.6) is 0 Å². The van der Waals surface area contributed by atoms with Gasteiger partial charge in [-0.1, -0.05) is 118 Å². The standard InChI is InChI=1S/C26H54Si4/c1-26(2,3)25-21(19-23(27(4,5)6)28(7,8)9)17-16-18-22(25)20-24(29(10,11)12)30(13,14)15/h16-18,23-24H,19-20H2,1-15H3/i19D2,20D2. The first kappa shape index (κ1) is 21.9. The van der Waals surface area contributed by atoms with Crippen molar-refractivity contribution in [3.8, 4) is 0 Å². The average Bonchev–Trinajstić information content (AvgIpc) is 2.46. The molecule has 4 heteroatoms. The summed E-state index contributed by atoms with van der Waals surface area (Å²) in [6.07, 6.45) is -2.98. The summed E-state index contributed by atoms with van der Waals surface area (Å²) in [6, 6.07) is 5.89. The van der Waals surface area contributed by atoms with Gasteiger partial charge in [0.25, 0.3) is 0 Å². The van der Waals surface area contributed by atoms with Gasteiger partial charge in [-0.25, -0.2) is 0 Å². The Hall–Kier alpha value is 0.0875. The third-order valence-corrected chi connectivity index (χ3v) is 23.8. The molecule has 0 nitrogen and oxygen atoms in total. The zero-order chi connectivity index (χ0) is 27.5. The first-order valence-electron chi connectivity index (χ1n) is 13.7. The van der Waals surface area contributed by atoms with Crippen LogP contribution >= 0.6 is 0 Å². The number of hydrogen-bond donors (Lipinski definition) is 0. The minimum atomic E-state index is -1.86. The predicted octanol–water partition coefficient (Wildman–Crippen LogP) is 9.24. The van der Waals surface area contributed by atoms with Gasteiger partial charge in [-0.15, -0.1) is 0 Å². The van der Waals surface area contributed by atoms with Crippen LogP contribution in [0.3, 0.4) is 0 Å². The van der Waals surface area contributed by atoms with E-state index in [1.807, 2.05) is 18.2 Å². The Kier molecular flexibility index (Phi) is 6.68. The molecule has 0 amide bonds. The van der Waals surface area contributed by atoms with E-state index in [9.17, 15) is 5.48 Å². The van der Waals surface area contributed by atoms with Crippen molar-refractivity contribution in [1.82, 2.24) is 0 Å². The molecule has 1 aromatic carbocycles. The molecule has 0 heterocycles. The van der Waals surface area contributed by atoms with Crippen LogP contribution in [-0.2, 0) is 18.2 Å². The summed E-state index contributed by atoms with van der Waals surface area (Å²) in [5.41, 5.74) is 2.02. The molecule has 0 N–H and O–H groups in total. The largest absolute Gasteiger partial charge is 0.0695 e. The van der Waals surface area contributed by atoms with Crippen LogP contribution in [0, 0.1) is 0 Å². The monoisotopic (exact) mass is 482 g/mol. The zero-order valence-electron chi connectivity index (χ0n) is 26.9. The normalized spacial score (nSPS) is 17.6. The molecule has 0 aromatic heterocycles. The van der Waals surface area contributed by atoms with Crippen LogP contribution in [0.25, 0.3) is 0 Å². The summed E-state index contributed by atoms with van der Waals surface area (Å²) in [6.45, 7) is 34.1. The molecular weight excluding hydrogens is 425 g/mol. The lowest BCUT2D eigenvalue weighted by Gasteiger charge is -2.41. The smallest absolute Gasteiger partial charge is 0.0450 e. The Labute approximate surface area is 200 Å². The van der Waals surface area contributed by atoms with Gasteiger partial charge in [0.05, 0.1) is 0 Å². The van der Waals surface area contributed by atoms with E-state index in [0.29, 0.717) is 0 Å². The molecule has 0 saturated carbocycles. The summed E-state index contributed by atoms with van der Waals surface area (Å²) >= 11 is 0. The van der Waals surface area contributed by atoms with Crippen molar-refractivity contribution in [3.63, 3.8) is 0 Å². The summed E-state index contributed by atoms with van der Waals surface area (Å²) in [4.78, 5) is 0. The van der Waals surface area contributed by atoms with Gasteiger partial charge in [-0.3, -0.25) is 0 Å². The van der Waals surface area contributed by atoms with Gasteiger partial charge in [-0.2, -0.15) is 0 Å². The predicted molar refractivity (Wildman–Crippen MR) is 153 cm³/mol.